The van der Waals surface area contributed by atoms with E-state index in [0.717, 1.165) is 41.3 Å². The Morgan fingerprint density at radius 2 is 1.49 bits per heavy atom. The van der Waals surface area contributed by atoms with Crippen molar-refractivity contribution in [1.82, 2.24) is 0 Å². The Bertz CT molecular complexity index is 1380. The van der Waals surface area contributed by atoms with Crippen molar-refractivity contribution in [2.75, 3.05) is 34.2 Å². The van der Waals surface area contributed by atoms with E-state index >= 15 is 0 Å². The van der Waals surface area contributed by atoms with Gasteiger partial charge in [0.2, 0.25) is 5.69 Å². The van der Waals surface area contributed by atoms with Crippen LogP contribution in [0.2, 0.25) is 0 Å². The molecule has 10 nitrogen and oxygen atoms in total. The standard InChI is InChI=1S/C22H24NO4.C2H4O5S/c1-13-16-11-21(26-4)20(25-3)10-15(16)8-18-17-12-22(27-5)19(24-2)9-14(17)6-7-23(13)18;3-2(4)1-8(5,6)7/h8-12H,6-7H2,1-5H3;1H2,(H,3,4)(H,5,6,7)/q+1;/p-1. The molecule has 0 fully saturated rings. The van der Waals surface area contributed by atoms with E-state index in [1.165, 1.54) is 27.9 Å². The number of carboxylic acid groups (broad SMARTS) is 1. The van der Waals surface area contributed by atoms with Crippen LogP contribution in [0.1, 0.15) is 11.3 Å². The van der Waals surface area contributed by atoms with E-state index in [-0.39, 0.29) is 0 Å². The minimum absolute atomic E-state index is 0.734. The second-order valence-electron chi connectivity index (χ2n) is 7.77. The number of methoxy groups -OCH3 is 4. The first-order valence-electron chi connectivity index (χ1n) is 10.5. The lowest BCUT2D eigenvalue weighted by molar-refractivity contribution is -0.692. The fourth-order valence-electron chi connectivity index (χ4n) is 4.14. The van der Waals surface area contributed by atoms with E-state index in [4.69, 9.17) is 23.5 Å². The van der Waals surface area contributed by atoms with Gasteiger partial charge in [-0.15, -0.1) is 0 Å². The van der Waals surface area contributed by atoms with Gasteiger partial charge in [0.05, 0.1) is 45.4 Å². The summed E-state index contributed by atoms with van der Waals surface area (Å²) in [6, 6.07) is 10.5. The maximum absolute atomic E-state index is 9.58. The van der Waals surface area contributed by atoms with E-state index in [0.29, 0.717) is 0 Å². The summed E-state index contributed by atoms with van der Waals surface area (Å²) in [4.78, 5) is 9.36. The van der Waals surface area contributed by atoms with Crippen LogP contribution < -0.4 is 28.6 Å². The van der Waals surface area contributed by atoms with Crippen molar-refractivity contribution in [1.29, 1.82) is 0 Å². The van der Waals surface area contributed by atoms with Crippen molar-refractivity contribution in [2.24, 2.45) is 0 Å². The zero-order chi connectivity index (χ0) is 25.9. The van der Waals surface area contributed by atoms with Crippen molar-refractivity contribution in [2.45, 2.75) is 19.9 Å². The highest BCUT2D eigenvalue weighted by Crippen LogP contribution is 2.39. The van der Waals surface area contributed by atoms with Gasteiger partial charge in [-0.1, -0.05) is 0 Å². The molecular formula is C24H27NO9S. The number of pyridine rings is 1. The predicted octanol–water partition coefficient (Wildman–Crippen LogP) is 1.32. The van der Waals surface area contributed by atoms with Gasteiger partial charge in [0.1, 0.15) is 5.75 Å². The number of nitrogens with zero attached hydrogens (tertiary/aromatic N) is 1. The smallest absolute Gasteiger partial charge is 0.270 e. The summed E-state index contributed by atoms with van der Waals surface area (Å²) in [6.07, 6.45) is 0.951. The second-order valence-corrected chi connectivity index (χ2v) is 9.23. The van der Waals surface area contributed by atoms with Crippen LogP contribution in [0.5, 0.6) is 23.0 Å². The molecule has 35 heavy (non-hydrogen) atoms. The maximum Gasteiger partial charge on any atom is 0.270 e. The number of aliphatic carboxylic acids is 1. The van der Waals surface area contributed by atoms with E-state index in [2.05, 4.69) is 35.8 Å². The lowest BCUT2D eigenvalue weighted by Crippen LogP contribution is -2.43. The summed E-state index contributed by atoms with van der Waals surface area (Å²) < 4.78 is 51.3. The molecule has 188 valence electrons. The summed E-state index contributed by atoms with van der Waals surface area (Å²) in [5, 5.41) is 11.7. The number of ether oxygens (including phenoxy) is 4. The summed E-state index contributed by atoms with van der Waals surface area (Å²) >= 11 is 0. The molecule has 1 aliphatic rings. The molecule has 0 unspecified atom stereocenters. The fourth-order valence-corrected chi connectivity index (χ4v) is 4.44. The summed E-state index contributed by atoms with van der Waals surface area (Å²) in [5.41, 5.74) is 4.84. The number of carbonyl (C=O) groups excluding carboxylic acids is 1. The molecule has 0 saturated carbocycles. The monoisotopic (exact) mass is 505 g/mol. The minimum atomic E-state index is -4.39. The number of fused-ring (bicyclic) bond motifs is 4. The molecule has 0 atom stereocenters. The van der Waals surface area contributed by atoms with Gasteiger partial charge < -0.3 is 28.8 Å². The van der Waals surface area contributed by atoms with Crippen molar-refractivity contribution in [3.05, 3.63) is 41.6 Å². The highest BCUT2D eigenvalue weighted by atomic mass is 32.2. The number of benzene rings is 2. The predicted molar refractivity (Wildman–Crippen MR) is 126 cm³/mol. The van der Waals surface area contributed by atoms with Crippen molar-refractivity contribution in [3.8, 4) is 34.3 Å². The first kappa shape index (κ1) is 26.0. The Balaban J connectivity index is 0.000000371. The lowest BCUT2D eigenvalue weighted by atomic mass is 9.94. The minimum Gasteiger partial charge on any atom is -0.549 e. The molecule has 3 aromatic rings. The van der Waals surface area contributed by atoms with Crippen LogP contribution in [0.3, 0.4) is 0 Å². The first-order chi connectivity index (χ1) is 16.5. The Hall–Kier alpha value is -3.57. The summed E-state index contributed by atoms with van der Waals surface area (Å²) in [7, 11) is 2.29. The molecule has 2 heterocycles. The number of carboxylic acids is 1. The van der Waals surface area contributed by atoms with Gasteiger partial charge in [-0.05, 0) is 35.2 Å². The van der Waals surface area contributed by atoms with Crippen molar-refractivity contribution in [3.63, 3.8) is 0 Å². The number of carbonyl (C=O) groups is 1. The van der Waals surface area contributed by atoms with Gasteiger partial charge in [0.25, 0.3) is 10.1 Å². The van der Waals surface area contributed by atoms with Crippen LogP contribution in [-0.4, -0.2) is 53.1 Å². The molecule has 0 aliphatic carbocycles. The Morgan fingerprint density at radius 3 is 2.00 bits per heavy atom. The number of aromatic nitrogens is 1. The van der Waals surface area contributed by atoms with Crippen LogP contribution in [0.25, 0.3) is 22.0 Å². The molecule has 0 spiro atoms. The molecule has 4 rings (SSSR count). The largest absolute Gasteiger partial charge is 0.549 e. The number of rotatable bonds is 6. The van der Waals surface area contributed by atoms with Crippen LogP contribution >= 0.6 is 0 Å². The molecule has 11 heteroatoms. The molecule has 0 saturated heterocycles. The SMILES string of the molecule is COc1cc2c(cc1OC)-c1cc3cc(OC)c(OC)cc3c(C)[n+]1CC2.O=C([O-])CS(=O)(=O)O. The van der Waals surface area contributed by atoms with Gasteiger partial charge in [0, 0.05) is 19.4 Å². The third-order valence-electron chi connectivity index (χ3n) is 5.72. The zero-order valence-corrected chi connectivity index (χ0v) is 20.9. The summed E-state index contributed by atoms with van der Waals surface area (Å²) in [6.45, 7) is 3.08. The molecule has 1 N–H and O–H groups in total. The first-order valence-corrected chi connectivity index (χ1v) is 12.1. The highest BCUT2D eigenvalue weighted by Gasteiger charge is 2.28. The van der Waals surface area contributed by atoms with E-state index in [1.807, 2.05) is 6.07 Å². The molecule has 0 radical (unpaired) electrons. The zero-order valence-electron chi connectivity index (χ0n) is 20.1. The highest BCUT2D eigenvalue weighted by molar-refractivity contribution is 7.86. The number of hydrogen-bond acceptors (Lipinski definition) is 8. The van der Waals surface area contributed by atoms with Crippen LogP contribution in [0, 0.1) is 6.92 Å². The molecule has 0 amide bonds. The Kier molecular flexibility index (Phi) is 7.71. The Morgan fingerprint density at radius 1 is 0.943 bits per heavy atom. The Labute approximate surface area is 203 Å². The summed E-state index contributed by atoms with van der Waals surface area (Å²) in [5.74, 6) is -0.155. The van der Waals surface area contributed by atoms with Gasteiger partial charge >= 0.3 is 0 Å². The topological polar surface area (TPSA) is 135 Å². The fraction of sp³-hybridized carbons (Fsp3) is 0.333. The second kappa shape index (κ2) is 10.4. The van der Waals surface area contributed by atoms with Crippen LogP contribution in [-0.2, 0) is 27.9 Å². The quantitative estimate of drug-likeness (QED) is 0.389. The van der Waals surface area contributed by atoms with Crippen molar-refractivity contribution < 1.29 is 46.4 Å². The van der Waals surface area contributed by atoms with Crippen molar-refractivity contribution >= 4 is 26.9 Å². The van der Waals surface area contributed by atoms with Gasteiger partial charge in [0.15, 0.2) is 35.2 Å². The van der Waals surface area contributed by atoms with E-state index in [1.54, 1.807) is 28.4 Å². The molecular weight excluding hydrogens is 478 g/mol. The molecule has 0 bridgehead atoms. The molecule has 1 aromatic heterocycles. The lowest BCUT2D eigenvalue weighted by Gasteiger charge is -2.20. The van der Waals surface area contributed by atoms with E-state index in [9.17, 15) is 18.3 Å². The van der Waals surface area contributed by atoms with E-state index < -0.39 is 21.8 Å². The van der Waals surface area contributed by atoms with Crippen LogP contribution in [0.4, 0.5) is 0 Å². The number of hydrogen-bond donors (Lipinski definition) is 1. The number of aryl methyl sites for hydroxylation is 2. The third kappa shape index (κ3) is 5.57. The maximum atomic E-state index is 9.58. The molecule has 1 aliphatic heterocycles. The van der Waals surface area contributed by atoms with Crippen LogP contribution in [0.15, 0.2) is 30.3 Å². The third-order valence-corrected chi connectivity index (χ3v) is 6.32. The average Bonchev–Trinajstić information content (AvgIpc) is 2.81. The molecule has 2 aromatic carbocycles. The van der Waals surface area contributed by atoms with Gasteiger partial charge in [-0.3, -0.25) is 4.55 Å². The normalized spacial score (nSPS) is 12.1. The van der Waals surface area contributed by atoms with Gasteiger partial charge in [-0.2, -0.15) is 13.0 Å². The van der Waals surface area contributed by atoms with Gasteiger partial charge in [-0.25, -0.2) is 0 Å². The average molecular weight is 506 g/mol.